The van der Waals surface area contributed by atoms with Crippen molar-refractivity contribution in [2.24, 2.45) is 5.92 Å². The Kier molecular flexibility index (Phi) is 3.90. The van der Waals surface area contributed by atoms with Crippen LogP contribution in [-0.4, -0.2) is 47.1 Å². The molecule has 2 aliphatic rings. The summed E-state index contributed by atoms with van der Waals surface area (Å²) in [6.45, 7) is 3.55. The Morgan fingerprint density at radius 3 is 2.72 bits per heavy atom. The average Bonchev–Trinajstić information content (AvgIpc) is 3.07. The Morgan fingerprint density at radius 1 is 1.44 bits per heavy atom. The number of nitrogens with one attached hydrogen (secondary N) is 1. The number of carbonyl (C=O) groups is 2. The lowest BCUT2D eigenvalue weighted by atomic mass is 9.93. The molecule has 0 aromatic heterocycles. The smallest absolute Gasteiger partial charge is 0.324 e. The second-order valence-corrected chi connectivity index (χ2v) is 5.46. The van der Waals surface area contributed by atoms with Crippen LogP contribution >= 0.6 is 0 Å². The van der Waals surface area contributed by atoms with E-state index in [-0.39, 0.29) is 12.5 Å². The highest BCUT2D eigenvalue weighted by molar-refractivity contribution is 5.82. The van der Waals surface area contributed by atoms with E-state index in [1.165, 1.54) is 12.8 Å². The van der Waals surface area contributed by atoms with Crippen molar-refractivity contribution in [3.8, 4) is 0 Å². The maximum Gasteiger partial charge on any atom is 0.324 e. The van der Waals surface area contributed by atoms with E-state index in [2.05, 4.69) is 5.32 Å². The summed E-state index contributed by atoms with van der Waals surface area (Å²) in [6.07, 6.45) is 4.47. The number of carbonyl (C=O) groups excluding carboxylic acids is 1. The molecule has 1 aliphatic carbocycles. The van der Waals surface area contributed by atoms with E-state index >= 15 is 0 Å². The van der Waals surface area contributed by atoms with Gasteiger partial charge in [-0.3, -0.25) is 14.5 Å². The second-order valence-electron chi connectivity index (χ2n) is 5.46. The number of carboxylic acids is 1. The molecule has 0 aromatic rings. The van der Waals surface area contributed by atoms with Crippen molar-refractivity contribution in [1.29, 1.82) is 0 Å². The molecule has 1 saturated heterocycles. The minimum Gasteiger partial charge on any atom is -0.480 e. The third-order valence-corrected chi connectivity index (χ3v) is 4.23. The number of hydrogen-bond acceptors (Lipinski definition) is 3. The van der Waals surface area contributed by atoms with Gasteiger partial charge in [0.15, 0.2) is 0 Å². The molecular formula is C13H22N2O3. The Morgan fingerprint density at radius 2 is 2.17 bits per heavy atom. The zero-order chi connectivity index (χ0) is 13.2. The van der Waals surface area contributed by atoms with Gasteiger partial charge in [-0.2, -0.15) is 0 Å². The molecule has 18 heavy (non-hydrogen) atoms. The average molecular weight is 254 g/mol. The number of hydrogen-bond donors (Lipinski definition) is 2. The van der Waals surface area contributed by atoms with Crippen molar-refractivity contribution in [2.75, 3.05) is 19.6 Å². The van der Waals surface area contributed by atoms with Gasteiger partial charge >= 0.3 is 5.97 Å². The van der Waals surface area contributed by atoms with Crippen molar-refractivity contribution in [2.45, 2.75) is 44.6 Å². The largest absolute Gasteiger partial charge is 0.480 e. The standard InChI is InChI=1S/C13H22N2O3/c1-2-13(12(17)18)6-3-7-15(13)9-11(16)14-8-10-4-5-10/h10H,2-9H2,1H3,(H,14,16)(H,17,18). The fourth-order valence-electron chi connectivity index (χ4n) is 2.77. The molecule has 0 bridgehead atoms. The van der Waals surface area contributed by atoms with Crippen LogP contribution in [0.1, 0.15) is 39.0 Å². The van der Waals surface area contributed by atoms with Crippen molar-refractivity contribution in [3.63, 3.8) is 0 Å². The summed E-state index contributed by atoms with van der Waals surface area (Å²) in [4.78, 5) is 25.1. The van der Waals surface area contributed by atoms with Gasteiger partial charge in [-0.25, -0.2) is 0 Å². The van der Waals surface area contributed by atoms with Crippen molar-refractivity contribution in [1.82, 2.24) is 10.2 Å². The summed E-state index contributed by atoms with van der Waals surface area (Å²) in [6, 6.07) is 0. The molecule has 1 aliphatic heterocycles. The van der Waals surface area contributed by atoms with Gasteiger partial charge in [0.25, 0.3) is 0 Å². The van der Waals surface area contributed by atoms with Gasteiger partial charge in [-0.15, -0.1) is 0 Å². The molecule has 1 atom stereocenters. The molecule has 1 amide bonds. The first-order valence-electron chi connectivity index (χ1n) is 6.83. The molecule has 0 radical (unpaired) electrons. The highest BCUT2D eigenvalue weighted by atomic mass is 16.4. The van der Waals surface area contributed by atoms with Crippen LogP contribution in [0.15, 0.2) is 0 Å². The van der Waals surface area contributed by atoms with E-state index in [4.69, 9.17) is 0 Å². The molecule has 2 rings (SSSR count). The number of carboxylic acid groups (broad SMARTS) is 1. The SMILES string of the molecule is CCC1(C(=O)O)CCCN1CC(=O)NCC1CC1. The summed E-state index contributed by atoms with van der Waals surface area (Å²) in [7, 11) is 0. The van der Waals surface area contributed by atoms with Crippen LogP contribution in [0.4, 0.5) is 0 Å². The van der Waals surface area contributed by atoms with Gasteiger partial charge in [0.2, 0.25) is 5.91 Å². The first-order chi connectivity index (χ1) is 8.58. The molecule has 1 saturated carbocycles. The number of nitrogens with zero attached hydrogens (tertiary/aromatic N) is 1. The van der Waals surface area contributed by atoms with E-state index in [0.29, 0.717) is 25.3 Å². The Hall–Kier alpha value is -1.10. The molecule has 5 heteroatoms. The van der Waals surface area contributed by atoms with Crippen LogP contribution in [0, 0.1) is 5.92 Å². The number of rotatable bonds is 6. The first-order valence-corrected chi connectivity index (χ1v) is 6.83. The van der Waals surface area contributed by atoms with E-state index in [0.717, 1.165) is 13.0 Å². The Bertz CT molecular complexity index is 341. The molecule has 0 aromatic carbocycles. The fourth-order valence-corrected chi connectivity index (χ4v) is 2.77. The molecule has 2 fully saturated rings. The summed E-state index contributed by atoms with van der Waals surface area (Å²) in [5.74, 6) is -0.177. The van der Waals surface area contributed by atoms with E-state index in [1.54, 1.807) is 0 Å². The number of aliphatic carboxylic acids is 1. The molecule has 1 heterocycles. The van der Waals surface area contributed by atoms with Gasteiger partial charge in [-0.1, -0.05) is 6.92 Å². The van der Waals surface area contributed by atoms with Crippen LogP contribution in [0.25, 0.3) is 0 Å². The van der Waals surface area contributed by atoms with E-state index < -0.39 is 11.5 Å². The monoisotopic (exact) mass is 254 g/mol. The molecular weight excluding hydrogens is 232 g/mol. The van der Waals surface area contributed by atoms with E-state index in [1.807, 2.05) is 11.8 Å². The van der Waals surface area contributed by atoms with Gasteiger partial charge in [0, 0.05) is 6.54 Å². The summed E-state index contributed by atoms with van der Waals surface area (Å²) >= 11 is 0. The Balaban J connectivity index is 1.89. The third-order valence-electron chi connectivity index (χ3n) is 4.23. The number of likely N-dealkylation sites (tertiary alicyclic amines) is 1. The van der Waals surface area contributed by atoms with Gasteiger partial charge in [-0.05, 0) is 44.6 Å². The van der Waals surface area contributed by atoms with Crippen LogP contribution in [-0.2, 0) is 9.59 Å². The maximum atomic E-state index is 11.8. The third kappa shape index (κ3) is 2.66. The molecule has 102 valence electrons. The molecule has 1 unspecified atom stereocenters. The highest BCUT2D eigenvalue weighted by Gasteiger charge is 2.46. The fraction of sp³-hybridized carbons (Fsp3) is 0.846. The van der Waals surface area contributed by atoms with Crippen LogP contribution in [0.5, 0.6) is 0 Å². The van der Waals surface area contributed by atoms with Crippen molar-refractivity contribution >= 4 is 11.9 Å². The van der Waals surface area contributed by atoms with Gasteiger partial charge in [0.1, 0.15) is 5.54 Å². The molecule has 5 nitrogen and oxygen atoms in total. The predicted molar refractivity (Wildman–Crippen MR) is 67.2 cm³/mol. The quantitative estimate of drug-likeness (QED) is 0.737. The minimum atomic E-state index is -0.822. The lowest BCUT2D eigenvalue weighted by Crippen LogP contribution is -2.53. The van der Waals surface area contributed by atoms with Crippen molar-refractivity contribution in [3.05, 3.63) is 0 Å². The summed E-state index contributed by atoms with van der Waals surface area (Å²) in [5.41, 5.74) is -0.822. The van der Waals surface area contributed by atoms with Crippen LogP contribution in [0.2, 0.25) is 0 Å². The molecule has 0 spiro atoms. The Labute approximate surface area is 108 Å². The lowest BCUT2D eigenvalue weighted by molar-refractivity contribution is -0.150. The van der Waals surface area contributed by atoms with E-state index in [9.17, 15) is 14.7 Å². The predicted octanol–water partition coefficient (Wildman–Crippen LogP) is 0.842. The van der Waals surface area contributed by atoms with Gasteiger partial charge < -0.3 is 10.4 Å². The van der Waals surface area contributed by atoms with Gasteiger partial charge in [0.05, 0.1) is 6.54 Å². The minimum absolute atomic E-state index is 0.0390. The maximum absolute atomic E-state index is 11.8. The lowest BCUT2D eigenvalue weighted by Gasteiger charge is -2.33. The topological polar surface area (TPSA) is 69.6 Å². The molecule has 2 N–H and O–H groups in total. The zero-order valence-corrected chi connectivity index (χ0v) is 10.9. The van der Waals surface area contributed by atoms with Crippen molar-refractivity contribution < 1.29 is 14.7 Å². The number of amides is 1. The zero-order valence-electron chi connectivity index (χ0n) is 10.9. The second kappa shape index (κ2) is 5.26. The first kappa shape index (κ1) is 13.3. The van der Waals surface area contributed by atoms with Crippen LogP contribution < -0.4 is 5.32 Å². The summed E-state index contributed by atoms with van der Waals surface area (Å²) in [5, 5.41) is 12.3. The summed E-state index contributed by atoms with van der Waals surface area (Å²) < 4.78 is 0. The normalized spacial score (nSPS) is 28.3. The van der Waals surface area contributed by atoms with Crippen LogP contribution in [0.3, 0.4) is 0 Å². The highest BCUT2D eigenvalue weighted by Crippen LogP contribution is 2.32.